The van der Waals surface area contributed by atoms with Crippen molar-refractivity contribution in [2.45, 2.75) is 57.8 Å². The highest BCUT2D eigenvalue weighted by Crippen LogP contribution is 2.22. The number of carbonyl (C=O) groups is 1. The number of nitrogens with zero attached hydrogens (tertiary/aromatic N) is 1. The molecule has 0 saturated heterocycles. The zero-order valence-electron chi connectivity index (χ0n) is 19.4. The quantitative estimate of drug-likeness (QED) is 0.284. The second-order valence-corrected chi connectivity index (χ2v) is 9.43. The lowest BCUT2D eigenvalue weighted by Crippen LogP contribution is -2.28. The maximum atomic E-state index is 12.6. The van der Waals surface area contributed by atoms with Gasteiger partial charge in [0.05, 0.1) is 6.61 Å². The predicted molar refractivity (Wildman–Crippen MR) is 127 cm³/mol. The van der Waals surface area contributed by atoms with Crippen LogP contribution in [0.15, 0.2) is 53.4 Å². The van der Waals surface area contributed by atoms with E-state index in [0.717, 1.165) is 31.6 Å². The van der Waals surface area contributed by atoms with Crippen LogP contribution in [0.1, 0.15) is 61.9 Å². The highest BCUT2D eigenvalue weighted by atomic mass is 32.2. The molecule has 0 amide bonds. The van der Waals surface area contributed by atoms with Gasteiger partial charge in [-0.15, -0.1) is 0 Å². The summed E-state index contributed by atoms with van der Waals surface area (Å²) < 4.78 is 35.6. The highest BCUT2D eigenvalue weighted by molar-refractivity contribution is 7.87. The van der Waals surface area contributed by atoms with E-state index in [1.165, 1.54) is 43.9 Å². The zero-order valence-corrected chi connectivity index (χ0v) is 20.2. The van der Waals surface area contributed by atoms with Crippen molar-refractivity contribution in [3.63, 3.8) is 0 Å². The third-order valence-electron chi connectivity index (χ3n) is 5.13. The van der Waals surface area contributed by atoms with Gasteiger partial charge in [0.15, 0.2) is 0 Å². The molecule has 2 rings (SSSR count). The van der Waals surface area contributed by atoms with Crippen molar-refractivity contribution in [2.24, 2.45) is 0 Å². The van der Waals surface area contributed by atoms with Crippen LogP contribution in [0.25, 0.3) is 0 Å². The van der Waals surface area contributed by atoms with E-state index in [4.69, 9.17) is 8.92 Å². The Morgan fingerprint density at radius 2 is 1.47 bits per heavy atom. The lowest BCUT2D eigenvalue weighted by molar-refractivity contribution is 0.0742. The smallest absolute Gasteiger partial charge is 0.357 e. The van der Waals surface area contributed by atoms with Gasteiger partial charge in [0, 0.05) is 6.54 Å². The molecule has 0 fully saturated rings. The standard InChI is InChI=1S/C25H35NO5S/c1-4-6-17-26(18-7-5-2)19-10-20-30-24-12-9-8-11-23(24)25(27)31-32(28,29)22-15-13-21(3)14-16-22/h8-9,11-16H,4-7,10,17-20H2,1-3H3. The SMILES string of the molecule is CCCCN(CCCC)CCCOc1ccccc1C(=O)OS(=O)(=O)c1ccc(C)cc1. The van der Waals surface area contributed by atoms with E-state index in [9.17, 15) is 13.2 Å². The molecule has 0 heterocycles. The van der Waals surface area contributed by atoms with E-state index < -0.39 is 16.1 Å². The Bertz CT molecular complexity index is 933. The number of carbonyl (C=O) groups excluding carboxylic acids is 1. The molecule has 0 N–H and O–H groups in total. The Morgan fingerprint density at radius 3 is 2.09 bits per heavy atom. The first-order valence-electron chi connectivity index (χ1n) is 11.4. The summed E-state index contributed by atoms with van der Waals surface area (Å²) in [6.45, 7) is 9.75. The number of benzene rings is 2. The van der Waals surface area contributed by atoms with Crippen LogP contribution in [-0.4, -0.2) is 45.5 Å². The fourth-order valence-corrected chi connectivity index (χ4v) is 4.08. The number of hydrogen-bond donors (Lipinski definition) is 0. The van der Waals surface area contributed by atoms with Crippen LogP contribution < -0.4 is 4.74 Å². The number of unbranched alkanes of at least 4 members (excludes halogenated alkanes) is 2. The van der Waals surface area contributed by atoms with Crippen molar-refractivity contribution in [3.8, 4) is 5.75 Å². The first-order valence-corrected chi connectivity index (χ1v) is 12.8. The number of aryl methyl sites for hydroxylation is 1. The summed E-state index contributed by atoms with van der Waals surface area (Å²) in [5, 5.41) is 0. The number of ether oxygens (including phenoxy) is 1. The molecule has 7 heteroatoms. The molecule has 0 saturated carbocycles. The largest absolute Gasteiger partial charge is 0.493 e. The van der Waals surface area contributed by atoms with Crippen LogP contribution in [0, 0.1) is 6.92 Å². The van der Waals surface area contributed by atoms with Gasteiger partial charge in [-0.2, -0.15) is 8.42 Å². The molecule has 0 aromatic heterocycles. The van der Waals surface area contributed by atoms with Crippen LogP contribution in [0.4, 0.5) is 0 Å². The lowest BCUT2D eigenvalue weighted by Gasteiger charge is -2.22. The first kappa shape index (κ1) is 25.9. The maximum Gasteiger partial charge on any atom is 0.357 e. The first-order chi connectivity index (χ1) is 15.4. The summed E-state index contributed by atoms with van der Waals surface area (Å²) >= 11 is 0. The molecule has 0 aliphatic carbocycles. The van der Waals surface area contributed by atoms with Gasteiger partial charge in [-0.1, -0.05) is 56.5 Å². The van der Waals surface area contributed by atoms with Crippen molar-refractivity contribution in [3.05, 3.63) is 59.7 Å². The van der Waals surface area contributed by atoms with Gasteiger partial charge in [-0.05, 0) is 63.5 Å². The number of rotatable bonds is 14. The Hall–Kier alpha value is -2.38. The van der Waals surface area contributed by atoms with Gasteiger partial charge in [0.2, 0.25) is 0 Å². The molecule has 0 unspecified atom stereocenters. The monoisotopic (exact) mass is 461 g/mol. The van der Waals surface area contributed by atoms with Crippen LogP contribution in [0.5, 0.6) is 5.75 Å². The van der Waals surface area contributed by atoms with Crippen LogP contribution >= 0.6 is 0 Å². The fraction of sp³-hybridized carbons (Fsp3) is 0.480. The summed E-state index contributed by atoms with van der Waals surface area (Å²) in [7, 11) is -4.21. The predicted octanol–water partition coefficient (Wildman–Crippen LogP) is 5.21. The minimum absolute atomic E-state index is 0.0610. The molecule has 2 aromatic carbocycles. The zero-order chi connectivity index (χ0) is 23.4. The Morgan fingerprint density at radius 1 is 0.875 bits per heavy atom. The van der Waals surface area contributed by atoms with E-state index in [1.807, 2.05) is 6.92 Å². The van der Waals surface area contributed by atoms with E-state index in [2.05, 4.69) is 18.7 Å². The van der Waals surface area contributed by atoms with Crippen LogP contribution in [0.2, 0.25) is 0 Å². The topological polar surface area (TPSA) is 72.9 Å². The van der Waals surface area contributed by atoms with Crippen LogP contribution in [0.3, 0.4) is 0 Å². The van der Waals surface area contributed by atoms with Crippen molar-refractivity contribution in [2.75, 3.05) is 26.2 Å². The minimum Gasteiger partial charge on any atom is -0.493 e. The molecular weight excluding hydrogens is 426 g/mol. The maximum absolute atomic E-state index is 12.6. The van der Waals surface area contributed by atoms with E-state index in [1.54, 1.807) is 30.3 Å². The van der Waals surface area contributed by atoms with E-state index in [0.29, 0.717) is 12.4 Å². The summed E-state index contributed by atoms with van der Waals surface area (Å²) in [5.74, 6) is -0.626. The molecule has 0 bridgehead atoms. The third kappa shape index (κ3) is 8.28. The lowest BCUT2D eigenvalue weighted by atomic mass is 10.2. The molecule has 0 radical (unpaired) electrons. The van der Waals surface area contributed by atoms with Gasteiger partial charge in [-0.25, -0.2) is 4.79 Å². The summed E-state index contributed by atoms with van der Waals surface area (Å²) in [6, 6.07) is 12.7. The van der Waals surface area contributed by atoms with Gasteiger partial charge >= 0.3 is 16.1 Å². The van der Waals surface area contributed by atoms with E-state index >= 15 is 0 Å². The summed E-state index contributed by atoms with van der Waals surface area (Å²) in [5.41, 5.74) is 1.01. The summed E-state index contributed by atoms with van der Waals surface area (Å²) in [6.07, 6.45) is 5.50. The van der Waals surface area contributed by atoms with E-state index in [-0.39, 0.29) is 10.5 Å². The minimum atomic E-state index is -4.21. The van der Waals surface area contributed by atoms with Crippen molar-refractivity contribution >= 4 is 16.1 Å². The average molecular weight is 462 g/mol. The summed E-state index contributed by atoms with van der Waals surface area (Å²) in [4.78, 5) is 15.0. The number of para-hydroxylation sites is 1. The Kier molecular flexibility index (Phi) is 10.7. The van der Waals surface area contributed by atoms with Gasteiger partial charge in [0.1, 0.15) is 16.2 Å². The molecule has 0 aliphatic heterocycles. The molecule has 0 spiro atoms. The second kappa shape index (κ2) is 13.2. The fourth-order valence-electron chi connectivity index (χ4n) is 3.23. The van der Waals surface area contributed by atoms with Crippen molar-refractivity contribution in [1.82, 2.24) is 4.90 Å². The Labute approximate surface area is 192 Å². The van der Waals surface area contributed by atoms with Gasteiger partial charge in [0.25, 0.3) is 0 Å². The normalized spacial score (nSPS) is 11.5. The number of hydrogen-bond acceptors (Lipinski definition) is 6. The molecule has 176 valence electrons. The molecule has 6 nitrogen and oxygen atoms in total. The van der Waals surface area contributed by atoms with Crippen molar-refractivity contribution in [1.29, 1.82) is 0 Å². The average Bonchev–Trinajstić information content (AvgIpc) is 2.78. The third-order valence-corrected chi connectivity index (χ3v) is 6.35. The Balaban J connectivity index is 1.96. The molecule has 0 aliphatic rings. The molecule has 2 aromatic rings. The highest BCUT2D eigenvalue weighted by Gasteiger charge is 2.23. The van der Waals surface area contributed by atoms with Crippen LogP contribution in [-0.2, 0) is 14.3 Å². The molecule has 32 heavy (non-hydrogen) atoms. The van der Waals surface area contributed by atoms with Gasteiger partial charge < -0.3 is 13.8 Å². The molecular formula is C25H35NO5S. The second-order valence-electron chi connectivity index (χ2n) is 7.88. The van der Waals surface area contributed by atoms with Gasteiger partial charge in [-0.3, -0.25) is 0 Å². The molecule has 0 atom stereocenters. The van der Waals surface area contributed by atoms with Crippen molar-refractivity contribution < 1.29 is 22.1 Å².